The summed E-state index contributed by atoms with van der Waals surface area (Å²) in [5.74, 6) is 0.224. The Kier molecular flexibility index (Phi) is 4.67. The van der Waals surface area contributed by atoms with E-state index in [-0.39, 0.29) is 31.2 Å². The highest BCUT2D eigenvalue weighted by Gasteiger charge is 2.41. The molecule has 1 aromatic heterocycles. The van der Waals surface area contributed by atoms with Crippen molar-refractivity contribution in [1.29, 1.82) is 0 Å². The molecule has 2 aliphatic heterocycles. The number of rotatable bonds is 7. The predicted molar refractivity (Wildman–Crippen MR) is 74.7 cm³/mol. The molecule has 0 aromatic carbocycles. The minimum absolute atomic E-state index is 0.0431. The second-order valence-electron chi connectivity index (χ2n) is 5.50. The largest absolute Gasteiger partial charge is 0.396 e. The van der Waals surface area contributed by atoms with Crippen molar-refractivity contribution < 1.29 is 19.5 Å². The molecule has 0 unspecified atom stereocenters. The first-order chi connectivity index (χ1) is 11.2. The zero-order chi connectivity index (χ0) is 16.2. The molecular formula is C12H19N7O4. The summed E-state index contributed by atoms with van der Waals surface area (Å²) >= 11 is 0. The fourth-order valence-electron chi connectivity index (χ4n) is 2.84. The summed E-state index contributed by atoms with van der Waals surface area (Å²) in [4.78, 5) is 30.5. The Hall–Kier alpha value is -2.27. The van der Waals surface area contributed by atoms with Crippen LogP contribution in [0.15, 0.2) is 0 Å². The molecule has 23 heavy (non-hydrogen) atoms. The van der Waals surface area contributed by atoms with E-state index in [1.54, 1.807) is 0 Å². The third kappa shape index (κ3) is 3.40. The van der Waals surface area contributed by atoms with Crippen molar-refractivity contribution in [1.82, 2.24) is 35.9 Å². The van der Waals surface area contributed by atoms with E-state index in [1.807, 2.05) is 0 Å². The van der Waals surface area contributed by atoms with Crippen molar-refractivity contribution in [3.05, 3.63) is 5.82 Å². The van der Waals surface area contributed by atoms with Gasteiger partial charge in [-0.15, -0.1) is 5.10 Å². The Labute approximate surface area is 131 Å². The summed E-state index contributed by atoms with van der Waals surface area (Å²) in [6, 6.07) is -0.543. The maximum atomic E-state index is 12.1. The molecule has 0 saturated carbocycles. The van der Waals surface area contributed by atoms with Gasteiger partial charge in [-0.2, -0.15) is 0 Å². The van der Waals surface area contributed by atoms with Crippen LogP contribution in [0, 0.1) is 0 Å². The number of nitrogens with zero attached hydrogens (tertiary/aromatic N) is 5. The number of carbonyl (C=O) groups is 2. The van der Waals surface area contributed by atoms with Gasteiger partial charge >= 0.3 is 6.03 Å². The number of aromatic nitrogens is 4. The number of aliphatic hydroxyl groups is 1. The Morgan fingerprint density at radius 3 is 3.17 bits per heavy atom. The van der Waals surface area contributed by atoms with Crippen LogP contribution in [0.1, 0.15) is 18.7 Å². The van der Waals surface area contributed by atoms with Crippen LogP contribution >= 0.6 is 0 Å². The molecule has 1 aromatic rings. The molecule has 0 aliphatic carbocycles. The zero-order valence-corrected chi connectivity index (χ0v) is 12.5. The molecule has 2 atom stereocenters. The minimum Gasteiger partial charge on any atom is -0.396 e. The molecule has 3 amide bonds. The SMILES string of the molecule is O=C(NOCCn1nnnc1CCO)[C@@H]1CC[C@@H]2CN1C(=O)N2. The highest BCUT2D eigenvalue weighted by Crippen LogP contribution is 2.22. The number of piperidine rings is 1. The number of aliphatic hydroxyl groups excluding tert-OH is 1. The number of amides is 3. The summed E-state index contributed by atoms with van der Waals surface area (Å²) in [6.45, 7) is 1.04. The Balaban J connectivity index is 1.43. The van der Waals surface area contributed by atoms with Gasteiger partial charge in [0, 0.05) is 19.0 Å². The van der Waals surface area contributed by atoms with Crippen LogP contribution in [0.4, 0.5) is 4.79 Å². The van der Waals surface area contributed by atoms with Crippen molar-refractivity contribution in [3.63, 3.8) is 0 Å². The monoisotopic (exact) mass is 325 g/mol. The van der Waals surface area contributed by atoms with Gasteiger partial charge in [0.05, 0.1) is 19.8 Å². The minimum atomic E-state index is -0.494. The number of carbonyl (C=O) groups excluding carboxylic acids is 2. The maximum Gasteiger partial charge on any atom is 0.318 e. The van der Waals surface area contributed by atoms with Crippen molar-refractivity contribution >= 4 is 11.9 Å². The van der Waals surface area contributed by atoms with Gasteiger partial charge < -0.3 is 15.3 Å². The van der Waals surface area contributed by atoms with Gasteiger partial charge in [0.25, 0.3) is 5.91 Å². The number of fused-ring (bicyclic) bond motifs is 2. The molecule has 0 spiro atoms. The average Bonchev–Trinajstić information content (AvgIpc) is 3.09. The van der Waals surface area contributed by atoms with Crippen LogP contribution < -0.4 is 10.8 Å². The molecule has 3 rings (SSSR count). The normalized spacial score (nSPS) is 23.0. The lowest BCUT2D eigenvalue weighted by molar-refractivity contribution is -0.139. The summed E-state index contributed by atoms with van der Waals surface area (Å²) in [5.41, 5.74) is 2.38. The van der Waals surface area contributed by atoms with Crippen LogP contribution in [-0.4, -0.2) is 74.0 Å². The van der Waals surface area contributed by atoms with Crippen LogP contribution in [0.3, 0.4) is 0 Å². The fraction of sp³-hybridized carbons (Fsp3) is 0.750. The molecule has 3 heterocycles. The Morgan fingerprint density at radius 2 is 2.35 bits per heavy atom. The first-order valence-electron chi connectivity index (χ1n) is 7.53. The molecule has 2 aliphatic rings. The molecular weight excluding hydrogens is 306 g/mol. The highest BCUT2D eigenvalue weighted by atomic mass is 16.7. The smallest absolute Gasteiger partial charge is 0.318 e. The molecule has 3 N–H and O–H groups in total. The van der Waals surface area contributed by atoms with Crippen molar-refractivity contribution in [2.45, 2.75) is 37.9 Å². The highest BCUT2D eigenvalue weighted by molar-refractivity contribution is 5.88. The average molecular weight is 325 g/mol. The lowest BCUT2D eigenvalue weighted by Gasteiger charge is -2.29. The zero-order valence-electron chi connectivity index (χ0n) is 12.5. The van der Waals surface area contributed by atoms with E-state index >= 15 is 0 Å². The van der Waals surface area contributed by atoms with E-state index in [0.717, 1.165) is 6.42 Å². The van der Waals surface area contributed by atoms with Crippen LogP contribution in [-0.2, 0) is 22.6 Å². The van der Waals surface area contributed by atoms with Gasteiger partial charge in [-0.3, -0.25) is 9.63 Å². The number of hydrogen-bond acceptors (Lipinski definition) is 7. The van der Waals surface area contributed by atoms with E-state index in [2.05, 4.69) is 26.3 Å². The number of urea groups is 1. The Bertz CT molecular complexity index is 578. The van der Waals surface area contributed by atoms with Gasteiger partial charge in [-0.1, -0.05) is 0 Å². The first-order valence-corrected chi connectivity index (χ1v) is 7.53. The second kappa shape index (κ2) is 6.87. The van der Waals surface area contributed by atoms with E-state index in [4.69, 9.17) is 9.94 Å². The van der Waals surface area contributed by atoms with Crippen molar-refractivity contribution in [3.8, 4) is 0 Å². The third-order valence-electron chi connectivity index (χ3n) is 3.99. The number of nitrogens with one attached hydrogen (secondary N) is 2. The summed E-state index contributed by atoms with van der Waals surface area (Å²) < 4.78 is 1.50. The van der Waals surface area contributed by atoms with Crippen LogP contribution in [0.2, 0.25) is 0 Å². The van der Waals surface area contributed by atoms with Crippen molar-refractivity contribution in [2.75, 3.05) is 19.8 Å². The van der Waals surface area contributed by atoms with E-state index in [1.165, 1.54) is 9.58 Å². The number of hydrogen-bond donors (Lipinski definition) is 3. The molecule has 0 radical (unpaired) electrons. The summed E-state index contributed by atoms with van der Waals surface area (Å²) in [7, 11) is 0. The fourth-order valence-corrected chi connectivity index (χ4v) is 2.84. The third-order valence-corrected chi connectivity index (χ3v) is 3.99. The maximum absolute atomic E-state index is 12.1. The summed E-state index contributed by atoms with van der Waals surface area (Å²) in [6.07, 6.45) is 1.76. The lowest BCUT2D eigenvalue weighted by atomic mass is 10.0. The number of hydroxylamine groups is 1. The Morgan fingerprint density at radius 1 is 1.48 bits per heavy atom. The molecule has 2 fully saturated rings. The lowest BCUT2D eigenvalue weighted by Crippen LogP contribution is -2.49. The molecule has 11 nitrogen and oxygen atoms in total. The van der Waals surface area contributed by atoms with Gasteiger partial charge in [0.15, 0.2) is 5.82 Å². The van der Waals surface area contributed by atoms with Gasteiger partial charge in [-0.25, -0.2) is 15.0 Å². The molecule has 2 bridgehead atoms. The van der Waals surface area contributed by atoms with Crippen LogP contribution in [0.25, 0.3) is 0 Å². The van der Waals surface area contributed by atoms with Crippen molar-refractivity contribution in [2.24, 2.45) is 0 Å². The number of tetrazole rings is 1. The molecule has 11 heteroatoms. The summed E-state index contributed by atoms with van der Waals surface area (Å²) in [5, 5.41) is 22.8. The van der Waals surface area contributed by atoms with Crippen LogP contribution in [0.5, 0.6) is 0 Å². The quantitative estimate of drug-likeness (QED) is 0.383. The van der Waals surface area contributed by atoms with Gasteiger partial charge in [-0.05, 0) is 23.3 Å². The topological polar surface area (TPSA) is 134 Å². The second-order valence-corrected chi connectivity index (χ2v) is 5.50. The van der Waals surface area contributed by atoms with E-state index in [9.17, 15) is 9.59 Å². The molecule has 126 valence electrons. The van der Waals surface area contributed by atoms with Gasteiger partial charge in [0.2, 0.25) is 0 Å². The van der Waals surface area contributed by atoms with E-state index < -0.39 is 6.04 Å². The predicted octanol–water partition coefficient (Wildman–Crippen LogP) is -2.19. The first kappa shape index (κ1) is 15.6. The van der Waals surface area contributed by atoms with Gasteiger partial charge in [0.1, 0.15) is 6.04 Å². The van der Waals surface area contributed by atoms with E-state index in [0.29, 0.717) is 31.8 Å². The standard InChI is InChI=1S/C12H19N7O4/c20-5-3-10-14-16-17-19(10)4-6-23-15-11(21)9-2-1-8-7-18(9)12(22)13-8/h8-9,20H,1-7H2,(H,13,22)(H,15,21)/t8-,9+/m1/s1. The molecule has 2 saturated heterocycles.